The van der Waals surface area contributed by atoms with Gasteiger partial charge in [0.05, 0.1) is 0 Å². The van der Waals surface area contributed by atoms with E-state index in [0.717, 1.165) is 16.9 Å². The summed E-state index contributed by atoms with van der Waals surface area (Å²) in [5.74, 6) is 0. The first-order chi connectivity index (χ1) is 8.08. The number of hydrogen-bond acceptors (Lipinski definition) is 2. The van der Waals surface area contributed by atoms with Gasteiger partial charge in [0.15, 0.2) is 0 Å². The van der Waals surface area contributed by atoms with Gasteiger partial charge in [-0.3, -0.25) is 0 Å². The van der Waals surface area contributed by atoms with Gasteiger partial charge in [-0.25, -0.2) is 0 Å². The van der Waals surface area contributed by atoms with E-state index in [1.54, 1.807) is 0 Å². The van der Waals surface area contributed by atoms with Crippen molar-refractivity contribution < 1.29 is 0 Å². The quantitative estimate of drug-likeness (QED) is 0.636. The van der Waals surface area contributed by atoms with E-state index < -0.39 is 20.9 Å². The fourth-order valence-electron chi connectivity index (χ4n) is 1.55. The van der Waals surface area contributed by atoms with Crippen LogP contribution in [0.3, 0.4) is 0 Å². The number of anilines is 2. The Labute approximate surface area is 112 Å². The molecule has 0 radical (unpaired) electrons. The molecule has 88 valence electrons. The van der Waals surface area contributed by atoms with E-state index in [2.05, 4.69) is 31.2 Å². The maximum absolute atomic E-state index is 5.94. The Hall–Kier alpha value is -1.17. The summed E-state index contributed by atoms with van der Waals surface area (Å²) in [5.41, 5.74) is 16.0. The molecule has 0 aliphatic rings. The van der Waals surface area contributed by atoms with Crippen LogP contribution in [0.4, 0.5) is 11.4 Å². The van der Waals surface area contributed by atoms with Crippen LogP contribution in [0, 0.1) is 13.8 Å². The second kappa shape index (κ2) is 4.99. The molecule has 0 bridgehead atoms. The molecule has 2 aromatic carbocycles. The number of nitrogen functional groups attached to an aromatic ring is 2. The summed E-state index contributed by atoms with van der Waals surface area (Å²) in [4.78, 5) is 0. The van der Waals surface area contributed by atoms with Gasteiger partial charge in [-0.05, 0) is 0 Å². The van der Waals surface area contributed by atoms with Crippen LogP contribution < -0.4 is 18.7 Å². The van der Waals surface area contributed by atoms with Crippen molar-refractivity contribution in [2.75, 3.05) is 11.5 Å². The Kier molecular flexibility index (Phi) is 3.61. The molecule has 0 spiro atoms. The number of rotatable bonds is 2. The third-order valence-corrected chi connectivity index (χ3v) is 6.09. The summed E-state index contributed by atoms with van der Waals surface area (Å²) in [6.45, 7) is 4.12. The second-order valence-electron chi connectivity index (χ2n) is 4.09. The normalized spacial score (nSPS) is 10.5. The van der Waals surface area contributed by atoms with E-state index in [0.29, 0.717) is 0 Å². The van der Waals surface area contributed by atoms with E-state index >= 15 is 0 Å². The number of aryl methyl sites for hydroxylation is 1. The molecular weight excluding hydrogens is 324 g/mol. The van der Waals surface area contributed by atoms with Gasteiger partial charge in [-0.15, -0.1) is 0 Å². The fraction of sp³-hybridized carbons (Fsp3) is 0.143. The molecule has 0 aliphatic heterocycles. The maximum atomic E-state index is 5.94. The summed E-state index contributed by atoms with van der Waals surface area (Å²) >= 11 is -0.395. The van der Waals surface area contributed by atoms with Crippen molar-refractivity contribution in [3.05, 3.63) is 47.5 Å². The Morgan fingerprint density at radius 2 is 1.71 bits per heavy atom. The molecule has 0 atom stereocenters. The molecule has 0 amide bonds. The zero-order valence-corrected chi connectivity index (χ0v) is 12.4. The Bertz CT molecular complexity index is 550. The van der Waals surface area contributed by atoms with Gasteiger partial charge in [-0.1, -0.05) is 0 Å². The molecule has 2 nitrogen and oxygen atoms in total. The molecular formula is C14H16N2Te. The van der Waals surface area contributed by atoms with Crippen LogP contribution in [0.2, 0.25) is 0 Å². The number of benzene rings is 2. The monoisotopic (exact) mass is 342 g/mol. The number of hydrogen-bond donors (Lipinski definition) is 2. The fourth-order valence-corrected chi connectivity index (χ4v) is 4.39. The summed E-state index contributed by atoms with van der Waals surface area (Å²) in [7, 11) is 0. The van der Waals surface area contributed by atoms with Crippen molar-refractivity contribution in [3.8, 4) is 0 Å². The van der Waals surface area contributed by atoms with Gasteiger partial charge in [0.2, 0.25) is 0 Å². The summed E-state index contributed by atoms with van der Waals surface area (Å²) in [5, 5.41) is 0. The topological polar surface area (TPSA) is 52.0 Å². The zero-order chi connectivity index (χ0) is 12.4. The predicted octanol–water partition coefficient (Wildman–Crippen LogP) is 1.12. The molecule has 2 aromatic rings. The van der Waals surface area contributed by atoms with Crippen molar-refractivity contribution in [1.82, 2.24) is 0 Å². The Balaban J connectivity index is 2.31. The van der Waals surface area contributed by atoms with E-state index in [-0.39, 0.29) is 0 Å². The SMILES string of the molecule is Cc1ccc([Te]c2cccc(N)c2C)cc1N. The van der Waals surface area contributed by atoms with E-state index in [9.17, 15) is 0 Å². The van der Waals surface area contributed by atoms with Crippen molar-refractivity contribution in [1.29, 1.82) is 0 Å². The predicted molar refractivity (Wildman–Crippen MR) is 76.2 cm³/mol. The Morgan fingerprint density at radius 3 is 2.41 bits per heavy atom. The van der Waals surface area contributed by atoms with E-state index in [1.165, 1.54) is 12.8 Å². The molecule has 2 rings (SSSR count). The first-order valence-electron chi connectivity index (χ1n) is 5.47. The van der Waals surface area contributed by atoms with Gasteiger partial charge in [0.25, 0.3) is 0 Å². The van der Waals surface area contributed by atoms with Gasteiger partial charge >= 0.3 is 112 Å². The second-order valence-corrected chi connectivity index (χ2v) is 7.27. The van der Waals surface area contributed by atoms with E-state index in [4.69, 9.17) is 11.5 Å². The third-order valence-electron chi connectivity index (χ3n) is 2.80. The summed E-state index contributed by atoms with van der Waals surface area (Å²) < 4.78 is 2.74. The van der Waals surface area contributed by atoms with Crippen LogP contribution in [-0.4, -0.2) is 20.9 Å². The minimum absolute atomic E-state index is 0.395. The van der Waals surface area contributed by atoms with Crippen molar-refractivity contribution >= 4 is 39.5 Å². The molecule has 0 fully saturated rings. The van der Waals surface area contributed by atoms with Crippen LogP contribution in [-0.2, 0) is 0 Å². The minimum atomic E-state index is -0.395. The summed E-state index contributed by atoms with van der Waals surface area (Å²) in [6.07, 6.45) is 0. The molecule has 0 heterocycles. The van der Waals surface area contributed by atoms with Crippen LogP contribution >= 0.6 is 0 Å². The molecule has 17 heavy (non-hydrogen) atoms. The summed E-state index contributed by atoms with van der Waals surface area (Å²) in [6, 6.07) is 12.5. The first-order valence-corrected chi connectivity index (χ1v) is 7.80. The van der Waals surface area contributed by atoms with Gasteiger partial charge in [0.1, 0.15) is 0 Å². The van der Waals surface area contributed by atoms with Gasteiger partial charge in [0, 0.05) is 0 Å². The zero-order valence-electron chi connectivity index (χ0n) is 10.0. The van der Waals surface area contributed by atoms with Crippen molar-refractivity contribution in [2.24, 2.45) is 0 Å². The van der Waals surface area contributed by atoms with Crippen molar-refractivity contribution in [2.45, 2.75) is 13.8 Å². The van der Waals surface area contributed by atoms with Crippen LogP contribution in [0.5, 0.6) is 0 Å². The molecule has 0 unspecified atom stereocenters. The Morgan fingerprint density at radius 1 is 0.941 bits per heavy atom. The first kappa shape index (κ1) is 12.3. The third kappa shape index (κ3) is 2.74. The molecule has 3 heteroatoms. The van der Waals surface area contributed by atoms with Crippen LogP contribution in [0.15, 0.2) is 36.4 Å². The van der Waals surface area contributed by atoms with E-state index in [1.807, 2.05) is 19.1 Å². The van der Waals surface area contributed by atoms with Crippen LogP contribution in [0.25, 0.3) is 0 Å². The molecule has 4 N–H and O–H groups in total. The molecule has 0 saturated carbocycles. The van der Waals surface area contributed by atoms with Gasteiger partial charge in [-0.2, -0.15) is 0 Å². The average Bonchev–Trinajstić information content (AvgIpc) is 2.30. The molecule has 0 aromatic heterocycles. The molecule has 0 saturated heterocycles. The van der Waals surface area contributed by atoms with Crippen molar-refractivity contribution in [3.63, 3.8) is 0 Å². The van der Waals surface area contributed by atoms with Crippen LogP contribution in [0.1, 0.15) is 11.1 Å². The average molecular weight is 340 g/mol. The molecule has 0 aliphatic carbocycles. The van der Waals surface area contributed by atoms with Gasteiger partial charge < -0.3 is 0 Å². The standard InChI is InChI=1S/C14H16N2Te/c1-9-6-7-11(8-13(9)16)17-14-5-3-4-12(15)10(14)2/h3-8H,15-16H2,1-2H3. The number of nitrogens with two attached hydrogens (primary N) is 2.